The van der Waals surface area contributed by atoms with Crippen molar-refractivity contribution in [3.05, 3.63) is 40.5 Å². The normalized spacial score (nSPS) is 16.3. The molecule has 0 aliphatic carbocycles. The topological polar surface area (TPSA) is 65.1 Å². The molecule has 3 heterocycles. The van der Waals surface area contributed by atoms with Crippen molar-refractivity contribution in [1.29, 1.82) is 0 Å². The quantitative estimate of drug-likeness (QED) is 0.710. The minimum atomic E-state index is -0.0923. The molecular formula is C12H10N2O2S. The Labute approximate surface area is 102 Å². The highest BCUT2D eigenvalue weighted by Gasteiger charge is 2.26. The number of hydrogen-bond acceptors (Lipinski definition) is 3. The Bertz CT molecular complexity index is 596. The first-order valence-corrected chi connectivity index (χ1v) is 6.00. The standard InChI is InChI=1S/C12H10N2O2S/c15-6-8-5-10-9(4-7-2-1-3-13-7)11(16)14-12(10)17-8/h1-5,13,15H,6H2,(H,14,16)/b9-4+. The smallest absolute Gasteiger partial charge is 0.257 e. The molecule has 0 spiro atoms. The monoisotopic (exact) mass is 246 g/mol. The summed E-state index contributed by atoms with van der Waals surface area (Å²) in [5.74, 6) is -0.0923. The molecule has 0 atom stereocenters. The van der Waals surface area contributed by atoms with Gasteiger partial charge in [0.25, 0.3) is 5.91 Å². The van der Waals surface area contributed by atoms with Gasteiger partial charge in [-0.05, 0) is 24.3 Å². The first-order valence-electron chi connectivity index (χ1n) is 5.18. The van der Waals surface area contributed by atoms with Crippen molar-refractivity contribution in [2.45, 2.75) is 6.61 Å². The van der Waals surface area contributed by atoms with Gasteiger partial charge in [0.05, 0.1) is 12.2 Å². The third kappa shape index (κ3) is 1.69. The van der Waals surface area contributed by atoms with Crippen LogP contribution in [-0.4, -0.2) is 16.0 Å². The molecule has 5 heteroatoms. The fourth-order valence-corrected chi connectivity index (χ4v) is 2.76. The zero-order valence-corrected chi connectivity index (χ0v) is 9.67. The number of carbonyl (C=O) groups is 1. The van der Waals surface area contributed by atoms with Crippen molar-refractivity contribution < 1.29 is 9.90 Å². The van der Waals surface area contributed by atoms with Crippen LogP contribution in [0.1, 0.15) is 16.1 Å². The second-order valence-electron chi connectivity index (χ2n) is 3.75. The maximum atomic E-state index is 11.8. The van der Waals surface area contributed by atoms with Crippen molar-refractivity contribution in [1.82, 2.24) is 4.98 Å². The van der Waals surface area contributed by atoms with Crippen LogP contribution >= 0.6 is 11.3 Å². The average Bonchev–Trinajstić information content (AvgIpc) is 2.98. The molecule has 0 saturated carbocycles. The van der Waals surface area contributed by atoms with E-state index in [0.717, 1.165) is 21.1 Å². The van der Waals surface area contributed by atoms with Crippen molar-refractivity contribution >= 4 is 33.9 Å². The SMILES string of the molecule is O=C1Nc2sc(CO)cc2/C1=C\c1ccc[nH]1. The first kappa shape index (κ1) is 10.3. The molecule has 1 aliphatic heterocycles. The summed E-state index contributed by atoms with van der Waals surface area (Å²) in [6.07, 6.45) is 3.63. The number of H-pyrrole nitrogens is 1. The number of anilines is 1. The zero-order valence-electron chi connectivity index (χ0n) is 8.86. The number of aliphatic hydroxyl groups excluding tert-OH is 1. The number of carbonyl (C=O) groups excluding carboxylic acids is 1. The molecule has 3 N–H and O–H groups in total. The van der Waals surface area contributed by atoms with Gasteiger partial charge in [-0.1, -0.05) is 0 Å². The molecule has 0 unspecified atom stereocenters. The van der Waals surface area contributed by atoms with Gasteiger partial charge in [-0.15, -0.1) is 11.3 Å². The molecule has 1 amide bonds. The van der Waals surface area contributed by atoms with Gasteiger partial charge < -0.3 is 15.4 Å². The Kier molecular flexibility index (Phi) is 2.35. The lowest BCUT2D eigenvalue weighted by Crippen LogP contribution is -2.03. The molecule has 0 saturated heterocycles. The molecule has 0 fully saturated rings. The van der Waals surface area contributed by atoms with E-state index in [9.17, 15) is 4.79 Å². The number of aromatic amines is 1. The predicted octanol–water partition coefficient (Wildman–Crippen LogP) is 2.06. The van der Waals surface area contributed by atoms with Crippen LogP contribution in [0.15, 0.2) is 24.4 Å². The van der Waals surface area contributed by atoms with Gasteiger partial charge in [0, 0.05) is 22.3 Å². The van der Waals surface area contributed by atoms with E-state index in [1.165, 1.54) is 11.3 Å². The lowest BCUT2D eigenvalue weighted by atomic mass is 10.1. The molecule has 2 aromatic rings. The zero-order chi connectivity index (χ0) is 11.8. The van der Waals surface area contributed by atoms with E-state index in [1.54, 1.807) is 0 Å². The number of amides is 1. The number of thiophene rings is 1. The number of aliphatic hydroxyl groups is 1. The molecule has 0 aromatic carbocycles. The van der Waals surface area contributed by atoms with E-state index < -0.39 is 0 Å². The minimum absolute atomic E-state index is 0.00329. The molecule has 86 valence electrons. The van der Waals surface area contributed by atoms with E-state index in [0.29, 0.717) is 5.57 Å². The van der Waals surface area contributed by atoms with E-state index in [4.69, 9.17) is 5.11 Å². The molecule has 2 aromatic heterocycles. The number of fused-ring (bicyclic) bond motifs is 1. The van der Waals surface area contributed by atoms with E-state index >= 15 is 0 Å². The molecule has 17 heavy (non-hydrogen) atoms. The lowest BCUT2D eigenvalue weighted by Gasteiger charge is -1.95. The van der Waals surface area contributed by atoms with Crippen LogP contribution < -0.4 is 5.32 Å². The molecule has 1 aliphatic rings. The number of hydrogen-bond donors (Lipinski definition) is 3. The van der Waals surface area contributed by atoms with Crippen LogP contribution in [0, 0.1) is 0 Å². The highest BCUT2D eigenvalue weighted by Crippen LogP contribution is 2.39. The van der Waals surface area contributed by atoms with Crippen LogP contribution in [0.3, 0.4) is 0 Å². The number of rotatable bonds is 2. The highest BCUT2D eigenvalue weighted by molar-refractivity contribution is 7.17. The van der Waals surface area contributed by atoms with Crippen molar-refractivity contribution in [2.24, 2.45) is 0 Å². The van der Waals surface area contributed by atoms with Crippen LogP contribution in [-0.2, 0) is 11.4 Å². The second-order valence-corrected chi connectivity index (χ2v) is 4.89. The van der Waals surface area contributed by atoms with Crippen LogP contribution in [0.5, 0.6) is 0 Å². The fraction of sp³-hybridized carbons (Fsp3) is 0.0833. The Hall–Kier alpha value is -1.85. The average molecular weight is 246 g/mol. The van der Waals surface area contributed by atoms with Crippen molar-refractivity contribution in [3.8, 4) is 0 Å². The van der Waals surface area contributed by atoms with Gasteiger partial charge in [0.15, 0.2) is 0 Å². The lowest BCUT2D eigenvalue weighted by molar-refractivity contribution is -0.110. The summed E-state index contributed by atoms with van der Waals surface area (Å²) < 4.78 is 0. The van der Waals surface area contributed by atoms with Crippen molar-refractivity contribution in [3.63, 3.8) is 0 Å². The highest BCUT2D eigenvalue weighted by atomic mass is 32.1. The van der Waals surface area contributed by atoms with Gasteiger partial charge in [-0.3, -0.25) is 4.79 Å². The summed E-state index contributed by atoms with van der Waals surface area (Å²) in [6.45, 7) is 0.00329. The summed E-state index contributed by atoms with van der Waals surface area (Å²) in [7, 11) is 0. The fourth-order valence-electron chi connectivity index (χ4n) is 1.84. The van der Waals surface area contributed by atoms with Gasteiger partial charge in [0.2, 0.25) is 0 Å². The summed E-state index contributed by atoms with van der Waals surface area (Å²) in [6, 6.07) is 5.64. The molecule has 0 bridgehead atoms. The largest absolute Gasteiger partial charge is 0.391 e. The maximum absolute atomic E-state index is 11.8. The second kappa shape index (κ2) is 3.87. The third-order valence-corrected chi connectivity index (χ3v) is 3.66. The van der Waals surface area contributed by atoms with Crippen LogP contribution in [0.25, 0.3) is 11.6 Å². The van der Waals surface area contributed by atoms with Crippen LogP contribution in [0.2, 0.25) is 0 Å². The first-order chi connectivity index (χ1) is 8.28. The molecule has 4 nitrogen and oxygen atoms in total. The van der Waals surface area contributed by atoms with Gasteiger partial charge in [0.1, 0.15) is 5.00 Å². The predicted molar refractivity (Wildman–Crippen MR) is 67.5 cm³/mol. The Morgan fingerprint density at radius 3 is 3.06 bits per heavy atom. The van der Waals surface area contributed by atoms with Gasteiger partial charge >= 0.3 is 0 Å². The molecule has 0 radical (unpaired) electrons. The Morgan fingerprint density at radius 1 is 1.47 bits per heavy atom. The molecular weight excluding hydrogens is 236 g/mol. The Balaban J connectivity index is 2.06. The summed E-state index contributed by atoms with van der Waals surface area (Å²) >= 11 is 1.41. The maximum Gasteiger partial charge on any atom is 0.257 e. The number of nitrogens with one attached hydrogen (secondary N) is 2. The van der Waals surface area contributed by atoms with Gasteiger partial charge in [-0.2, -0.15) is 0 Å². The summed E-state index contributed by atoms with van der Waals surface area (Å²) in [5.41, 5.74) is 2.40. The summed E-state index contributed by atoms with van der Waals surface area (Å²) in [4.78, 5) is 15.7. The van der Waals surface area contributed by atoms with Gasteiger partial charge in [-0.25, -0.2) is 0 Å². The molecule has 3 rings (SSSR count). The summed E-state index contributed by atoms with van der Waals surface area (Å²) in [5, 5.41) is 12.7. The number of aromatic nitrogens is 1. The minimum Gasteiger partial charge on any atom is -0.391 e. The van der Waals surface area contributed by atoms with E-state index in [-0.39, 0.29) is 12.5 Å². The van der Waals surface area contributed by atoms with E-state index in [1.807, 2.05) is 30.5 Å². The third-order valence-electron chi connectivity index (χ3n) is 2.62. The van der Waals surface area contributed by atoms with E-state index in [2.05, 4.69) is 10.3 Å². The Morgan fingerprint density at radius 2 is 2.35 bits per heavy atom. The van der Waals surface area contributed by atoms with Crippen LogP contribution in [0.4, 0.5) is 5.00 Å². The van der Waals surface area contributed by atoms with Crippen molar-refractivity contribution in [2.75, 3.05) is 5.32 Å².